The third-order valence-electron chi connectivity index (χ3n) is 1.33. The van der Waals surface area contributed by atoms with E-state index >= 15 is 0 Å². The van der Waals surface area contributed by atoms with E-state index in [1.54, 1.807) is 0 Å². The zero-order chi connectivity index (χ0) is 9.84. The molecule has 0 spiro atoms. The first-order valence-corrected chi connectivity index (χ1v) is 4.67. The van der Waals surface area contributed by atoms with Gasteiger partial charge in [-0.2, -0.15) is 0 Å². The average Bonchev–Trinajstić information content (AvgIpc) is 2.09. The minimum Gasteiger partial charge on any atom is -0.506 e. The Morgan fingerprint density at radius 3 is 2.54 bits per heavy atom. The quantitative estimate of drug-likeness (QED) is 0.540. The molecule has 0 unspecified atom stereocenters. The lowest BCUT2D eigenvalue weighted by atomic mass is 10.2. The zero-order valence-corrected chi connectivity index (χ0v) is 8.71. The number of phenolic OH excluding ortho intramolecular Hbond substituents is 1. The summed E-state index contributed by atoms with van der Waals surface area (Å²) in [5, 5.41) is 9.75. The van der Waals surface area contributed by atoms with E-state index in [0.717, 1.165) is 0 Å². The van der Waals surface area contributed by atoms with E-state index in [2.05, 4.69) is 11.8 Å². The summed E-state index contributed by atoms with van der Waals surface area (Å²) in [5.41, 5.74) is 0.560. The van der Waals surface area contributed by atoms with Crippen molar-refractivity contribution in [2.24, 2.45) is 0 Å². The summed E-state index contributed by atoms with van der Waals surface area (Å²) in [7, 11) is 0. The van der Waals surface area contributed by atoms with Gasteiger partial charge in [0.15, 0.2) is 0 Å². The molecule has 1 aromatic rings. The molecule has 0 aliphatic rings. The van der Waals surface area contributed by atoms with Gasteiger partial charge >= 0.3 is 0 Å². The second kappa shape index (κ2) is 4.62. The standard InChI is InChI=1S/C9H5Cl3O/c10-3-1-2-6-4-8(12)9(13)5-7(6)11/h4-5,13H,3H2. The molecule has 1 aromatic carbocycles. The van der Waals surface area contributed by atoms with Crippen molar-refractivity contribution in [2.75, 3.05) is 5.88 Å². The molecule has 68 valence electrons. The molecule has 13 heavy (non-hydrogen) atoms. The van der Waals surface area contributed by atoms with Gasteiger partial charge in [-0.25, -0.2) is 0 Å². The molecular weight excluding hydrogens is 230 g/mol. The minimum atomic E-state index is -0.0527. The van der Waals surface area contributed by atoms with Crippen molar-refractivity contribution in [3.8, 4) is 17.6 Å². The first kappa shape index (κ1) is 10.5. The van der Waals surface area contributed by atoms with Crippen LogP contribution < -0.4 is 0 Å². The molecule has 0 amide bonds. The van der Waals surface area contributed by atoms with Crippen molar-refractivity contribution < 1.29 is 5.11 Å². The van der Waals surface area contributed by atoms with Gasteiger partial charge < -0.3 is 5.11 Å². The molecule has 0 radical (unpaired) electrons. The van der Waals surface area contributed by atoms with Gasteiger partial charge in [-0.3, -0.25) is 0 Å². The summed E-state index contributed by atoms with van der Waals surface area (Å²) in [6.07, 6.45) is 0. The van der Waals surface area contributed by atoms with E-state index in [0.29, 0.717) is 10.6 Å². The number of rotatable bonds is 0. The Labute approximate surface area is 91.2 Å². The lowest BCUT2D eigenvalue weighted by Crippen LogP contribution is -1.78. The Balaban J connectivity index is 3.16. The van der Waals surface area contributed by atoms with Crippen molar-refractivity contribution in [2.45, 2.75) is 0 Å². The van der Waals surface area contributed by atoms with Crippen LogP contribution in [0.2, 0.25) is 10.0 Å². The van der Waals surface area contributed by atoms with E-state index in [1.165, 1.54) is 12.1 Å². The van der Waals surface area contributed by atoms with Gasteiger partial charge in [0.25, 0.3) is 0 Å². The lowest BCUT2D eigenvalue weighted by molar-refractivity contribution is 0.475. The van der Waals surface area contributed by atoms with Gasteiger partial charge in [0, 0.05) is 11.6 Å². The number of hydrogen-bond donors (Lipinski definition) is 1. The second-order valence-corrected chi connectivity index (χ2v) is 3.30. The highest BCUT2D eigenvalue weighted by Crippen LogP contribution is 2.29. The lowest BCUT2D eigenvalue weighted by Gasteiger charge is -1.99. The monoisotopic (exact) mass is 234 g/mol. The molecule has 0 bridgehead atoms. The van der Waals surface area contributed by atoms with Crippen LogP contribution in [0.15, 0.2) is 12.1 Å². The number of hydrogen-bond acceptors (Lipinski definition) is 1. The number of benzene rings is 1. The fourth-order valence-corrected chi connectivity index (χ4v) is 1.20. The summed E-state index contributed by atoms with van der Waals surface area (Å²) < 4.78 is 0. The van der Waals surface area contributed by atoms with Crippen LogP contribution in [0.1, 0.15) is 5.56 Å². The van der Waals surface area contributed by atoms with Crippen LogP contribution in [-0.4, -0.2) is 11.0 Å². The zero-order valence-electron chi connectivity index (χ0n) is 6.44. The van der Waals surface area contributed by atoms with Crippen LogP contribution in [0.3, 0.4) is 0 Å². The highest BCUT2D eigenvalue weighted by atomic mass is 35.5. The molecule has 0 saturated carbocycles. The fraction of sp³-hybridized carbons (Fsp3) is 0.111. The maximum atomic E-state index is 9.16. The molecule has 0 saturated heterocycles. The van der Waals surface area contributed by atoms with E-state index in [4.69, 9.17) is 39.9 Å². The molecule has 4 heteroatoms. The molecule has 1 nitrogen and oxygen atoms in total. The Morgan fingerprint density at radius 2 is 1.92 bits per heavy atom. The summed E-state index contributed by atoms with van der Waals surface area (Å²) in [6, 6.07) is 2.85. The smallest absolute Gasteiger partial charge is 0.135 e. The van der Waals surface area contributed by atoms with Crippen molar-refractivity contribution in [1.29, 1.82) is 0 Å². The van der Waals surface area contributed by atoms with Crippen LogP contribution >= 0.6 is 34.8 Å². The topological polar surface area (TPSA) is 20.2 Å². The molecule has 0 heterocycles. The largest absolute Gasteiger partial charge is 0.506 e. The van der Waals surface area contributed by atoms with Gasteiger partial charge in [0.1, 0.15) is 5.75 Å². The molecule has 0 aliphatic heterocycles. The highest BCUT2D eigenvalue weighted by Gasteiger charge is 2.03. The Bertz CT molecular complexity index is 376. The van der Waals surface area contributed by atoms with Crippen LogP contribution in [0.25, 0.3) is 0 Å². The van der Waals surface area contributed by atoms with E-state index < -0.39 is 0 Å². The third-order valence-corrected chi connectivity index (χ3v) is 2.08. The summed E-state index contributed by atoms with van der Waals surface area (Å²) in [6.45, 7) is 0. The van der Waals surface area contributed by atoms with E-state index in [1.807, 2.05) is 0 Å². The van der Waals surface area contributed by atoms with Crippen molar-refractivity contribution in [3.05, 3.63) is 27.7 Å². The van der Waals surface area contributed by atoms with Crippen LogP contribution in [0, 0.1) is 11.8 Å². The van der Waals surface area contributed by atoms with Crippen molar-refractivity contribution >= 4 is 34.8 Å². The predicted molar refractivity (Wildman–Crippen MR) is 55.7 cm³/mol. The fourth-order valence-electron chi connectivity index (χ4n) is 0.761. The molecule has 0 aliphatic carbocycles. The molecule has 0 aromatic heterocycles. The van der Waals surface area contributed by atoms with Gasteiger partial charge in [-0.15, -0.1) is 11.6 Å². The third kappa shape index (κ3) is 2.70. The molecular formula is C9H5Cl3O. The summed E-state index contributed by atoms with van der Waals surface area (Å²) in [5.74, 6) is 5.54. The molecule has 1 rings (SSSR count). The number of phenols is 1. The first-order valence-electron chi connectivity index (χ1n) is 3.38. The van der Waals surface area contributed by atoms with Crippen molar-refractivity contribution in [1.82, 2.24) is 0 Å². The number of alkyl halides is 1. The summed E-state index contributed by atoms with van der Waals surface area (Å²) in [4.78, 5) is 0. The molecule has 1 N–H and O–H groups in total. The minimum absolute atomic E-state index is 0.0527. The van der Waals surface area contributed by atoms with Crippen LogP contribution in [0.5, 0.6) is 5.75 Å². The van der Waals surface area contributed by atoms with Gasteiger partial charge in [-0.05, 0) is 6.07 Å². The Hall–Kier alpha value is -0.550. The number of halogens is 3. The first-order chi connectivity index (χ1) is 6.15. The molecule has 0 fully saturated rings. The maximum absolute atomic E-state index is 9.16. The molecule has 0 atom stereocenters. The van der Waals surface area contributed by atoms with Gasteiger partial charge in [0.2, 0.25) is 0 Å². The average molecular weight is 235 g/mol. The van der Waals surface area contributed by atoms with Crippen LogP contribution in [0.4, 0.5) is 0 Å². The Kier molecular flexibility index (Phi) is 3.74. The normalized spacial score (nSPS) is 9.15. The van der Waals surface area contributed by atoms with Crippen molar-refractivity contribution in [3.63, 3.8) is 0 Å². The highest BCUT2D eigenvalue weighted by molar-refractivity contribution is 6.35. The predicted octanol–water partition coefficient (Wildman–Crippen LogP) is 3.29. The second-order valence-electron chi connectivity index (χ2n) is 2.22. The maximum Gasteiger partial charge on any atom is 0.135 e. The SMILES string of the molecule is Oc1cc(Cl)c(C#CCCl)cc1Cl. The van der Waals surface area contributed by atoms with Gasteiger partial charge in [-0.1, -0.05) is 35.0 Å². The number of aromatic hydroxyl groups is 1. The van der Waals surface area contributed by atoms with Gasteiger partial charge in [0.05, 0.1) is 15.9 Å². The summed E-state index contributed by atoms with van der Waals surface area (Å²) >= 11 is 16.8. The Morgan fingerprint density at radius 1 is 1.23 bits per heavy atom. The van der Waals surface area contributed by atoms with E-state index in [-0.39, 0.29) is 16.7 Å². The van der Waals surface area contributed by atoms with Crippen LogP contribution in [-0.2, 0) is 0 Å². The van der Waals surface area contributed by atoms with E-state index in [9.17, 15) is 0 Å².